The molecule has 1 aliphatic rings. The van der Waals surface area contributed by atoms with Crippen LogP contribution in [-0.2, 0) is 20.4 Å². The highest BCUT2D eigenvalue weighted by atomic mass is 32.2. The zero-order valence-corrected chi connectivity index (χ0v) is 12.8. The second kappa shape index (κ2) is 5.86. The highest BCUT2D eigenvalue weighted by Crippen LogP contribution is 2.36. The fourth-order valence-corrected chi connectivity index (χ4v) is 3.16. The van der Waals surface area contributed by atoms with Crippen molar-refractivity contribution in [2.75, 3.05) is 0 Å². The van der Waals surface area contributed by atoms with Crippen molar-refractivity contribution in [1.82, 2.24) is 0 Å². The molecule has 1 aliphatic carbocycles. The molecule has 0 aromatic heterocycles. The van der Waals surface area contributed by atoms with Crippen LogP contribution in [0.4, 0.5) is 0 Å². The van der Waals surface area contributed by atoms with Gasteiger partial charge in [0.25, 0.3) is 0 Å². The normalized spacial score (nSPS) is 23.4. The third kappa shape index (κ3) is 3.41. The first-order chi connectivity index (χ1) is 10.7. The Morgan fingerprint density at radius 2 is 1.74 bits per heavy atom. The maximum absolute atomic E-state index is 11.8. The van der Waals surface area contributed by atoms with Crippen LogP contribution in [0.2, 0.25) is 0 Å². The third-order valence-electron chi connectivity index (χ3n) is 3.34. The first-order valence-electron chi connectivity index (χ1n) is 6.50. The minimum absolute atomic E-state index is 0.145. The number of carboxylic acids is 1. The lowest BCUT2D eigenvalue weighted by Crippen LogP contribution is -2.33. The summed E-state index contributed by atoms with van der Waals surface area (Å²) in [4.78, 5) is 15.0. The number of carboxylic acid groups (broad SMARTS) is 1. The topological polar surface area (TPSA) is 162 Å². The standard InChI is InChI=1S/C14H16N4O4S/c15-13(16)18-14(7-5-9(6-8-14)12(19)20)10-3-1-2-4-11(10)23(17,21)22/h1-9H,(H,19,20)(H4,15,16,18)(H2,17,21,22). The molecule has 122 valence electrons. The van der Waals surface area contributed by atoms with Crippen LogP contribution in [0, 0.1) is 5.92 Å². The molecule has 0 aliphatic heterocycles. The number of nitrogens with two attached hydrogens (primary N) is 3. The highest BCUT2D eigenvalue weighted by molar-refractivity contribution is 7.89. The Labute approximate surface area is 133 Å². The molecule has 0 amide bonds. The number of benzene rings is 1. The van der Waals surface area contributed by atoms with E-state index in [-0.39, 0.29) is 16.4 Å². The molecule has 23 heavy (non-hydrogen) atoms. The average molecular weight is 336 g/mol. The van der Waals surface area contributed by atoms with E-state index < -0.39 is 27.4 Å². The molecule has 9 heteroatoms. The lowest BCUT2D eigenvalue weighted by molar-refractivity contribution is -0.138. The minimum atomic E-state index is -4.02. The van der Waals surface area contributed by atoms with Gasteiger partial charge in [0.05, 0.1) is 10.8 Å². The van der Waals surface area contributed by atoms with E-state index in [1.54, 1.807) is 6.07 Å². The van der Waals surface area contributed by atoms with Crippen LogP contribution in [-0.4, -0.2) is 25.5 Å². The number of primary sulfonamides is 1. The molecule has 0 fully saturated rings. The van der Waals surface area contributed by atoms with Gasteiger partial charge >= 0.3 is 5.97 Å². The van der Waals surface area contributed by atoms with Crippen LogP contribution in [0.5, 0.6) is 0 Å². The number of hydrogen-bond acceptors (Lipinski definition) is 4. The van der Waals surface area contributed by atoms with Gasteiger partial charge < -0.3 is 16.6 Å². The fraction of sp³-hybridized carbons (Fsp3) is 0.143. The van der Waals surface area contributed by atoms with E-state index in [1.165, 1.54) is 42.5 Å². The SMILES string of the molecule is NC(N)=NC1(c2ccccc2S(N)(=O)=O)C=CC(C(=O)O)C=C1. The van der Waals surface area contributed by atoms with E-state index in [1.807, 2.05) is 0 Å². The fourth-order valence-electron chi connectivity index (χ4n) is 2.36. The van der Waals surface area contributed by atoms with E-state index >= 15 is 0 Å². The second-order valence-corrected chi connectivity index (χ2v) is 6.52. The summed E-state index contributed by atoms with van der Waals surface area (Å²) in [7, 11) is -4.02. The van der Waals surface area contributed by atoms with E-state index in [0.29, 0.717) is 0 Å². The first kappa shape index (κ1) is 16.7. The summed E-state index contributed by atoms with van der Waals surface area (Å²) < 4.78 is 23.6. The number of rotatable bonds is 4. The molecular weight excluding hydrogens is 320 g/mol. The summed E-state index contributed by atoms with van der Waals surface area (Å²) in [5, 5.41) is 14.3. The summed E-state index contributed by atoms with van der Waals surface area (Å²) in [5.41, 5.74) is 9.81. The largest absolute Gasteiger partial charge is 0.481 e. The summed E-state index contributed by atoms with van der Waals surface area (Å²) in [6.07, 6.45) is 5.65. The van der Waals surface area contributed by atoms with E-state index in [9.17, 15) is 13.2 Å². The van der Waals surface area contributed by atoms with Crippen LogP contribution in [0.3, 0.4) is 0 Å². The molecule has 2 rings (SSSR count). The number of guanidine groups is 1. The second-order valence-electron chi connectivity index (χ2n) is 4.99. The van der Waals surface area contributed by atoms with Crippen LogP contribution in [0.1, 0.15) is 5.56 Å². The van der Waals surface area contributed by atoms with Gasteiger partial charge in [-0.25, -0.2) is 18.5 Å². The molecule has 8 nitrogen and oxygen atoms in total. The van der Waals surface area contributed by atoms with Gasteiger partial charge in [0, 0.05) is 5.56 Å². The van der Waals surface area contributed by atoms with Crippen LogP contribution >= 0.6 is 0 Å². The molecule has 7 N–H and O–H groups in total. The Morgan fingerprint density at radius 3 is 2.22 bits per heavy atom. The van der Waals surface area contributed by atoms with Gasteiger partial charge in [0.15, 0.2) is 5.96 Å². The third-order valence-corrected chi connectivity index (χ3v) is 4.31. The van der Waals surface area contributed by atoms with Crippen LogP contribution in [0.15, 0.2) is 58.5 Å². The number of aliphatic carboxylic acids is 1. The monoisotopic (exact) mass is 336 g/mol. The van der Waals surface area contributed by atoms with E-state index in [2.05, 4.69) is 4.99 Å². The Balaban J connectivity index is 2.70. The van der Waals surface area contributed by atoms with Gasteiger partial charge in [0.2, 0.25) is 10.0 Å². The van der Waals surface area contributed by atoms with Gasteiger partial charge in [0.1, 0.15) is 5.54 Å². The van der Waals surface area contributed by atoms with E-state index in [0.717, 1.165) is 0 Å². The van der Waals surface area contributed by atoms with Crippen molar-refractivity contribution in [2.45, 2.75) is 10.4 Å². The molecule has 0 atom stereocenters. The highest BCUT2D eigenvalue weighted by Gasteiger charge is 2.34. The van der Waals surface area contributed by atoms with Gasteiger partial charge in [-0.1, -0.05) is 42.5 Å². The molecule has 0 saturated carbocycles. The van der Waals surface area contributed by atoms with E-state index in [4.69, 9.17) is 21.7 Å². The number of aliphatic imine (C=N–C) groups is 1. The number of carbonyl (C=O) groups is 1. The Bertz CT molecular complexity index is 809. The van der Waals surface area contributed by atoms with Gasteiger partial charge in [-0.3, -0.25) is 4.79 Å². The summed E-state index contributed by atoms with van der Waals surface area (Å²) in [6.45, 7) is 0. The predicted molar refractivity (Wildman–Crippen MR) is 84.7 cm³/mol. The minimum Gasteiger partial charge on any atom is -0.481 e. The lowest BCUT2D eigenvalue weighted by Gasteiger charge is -2.28. The van der Waals surface area contributed by atoms with Crippen molar-refractivity contribution in [3.63, 3.8) is 0 Å². The first-order valence-corrected chi connectivity index (χ1v) is 8.05. The van der Waals surface area contributed by atoms with Gasteiger partial charge in [-0.15, -0.1) is 0 Å². The number of hydrogen-bond donors (Lipinski definition) is 4. The molecule has 0 bridgehead atoms. The summed E-state index contributed by atoms with van der Waals surface area (Å²) >= 11 is 0. The molecule has 0 spiro atoms. The Kier molecular flexibility index (Phi) is 4.26. The van der Waals surface area contributed by atoms with Crippen LogP contribution < -0.4 is 16.6 Å². The van der Waals surface area contributed by atoms with Crippen molar-refractivity contribution in [3.8, 4) is 0 Å². The maximum Gasteiger partial charge on any atom is 0.314 e. The maximum atomic E-state index is 11.8. The molecule has 0 unspecified atom stereocenters. The molecule has 1 aromatic rings. The Hall–Kier alpha value is -2.65. The quantitative estimate of drug-likeness (QED) is 0.333. The van der Waals surface area contributed by atoms with Crippen molar-refractivity contribution < 1.29 is 18.3 Å². The molecule has 1 aromatic carbocycles. The van der Waals surface area contributed by atoms with Crippen molar-refractivity contribution in [3.05, 3.63) is 54.1 Å². The van der Waals surface area contributed by atoms with Gasteiger partial charge in [-0.2, -0.15) is 0 Å². The molecule has 0 saturated heterocycles. The summed E-state index contributed by atoms with van der Waals surface area (Å²) in [5.74, 6) is -2.17. The van der Waals surface area contributed by atoms with Crippen molar-refractivity contribution in [2.24, 2.45) is 27.5 Å². The summed E-state index contributed by atoms with van der Waals surface area (Å²) in [6, 6.07) is 5.98. The predicted octanol–water partition coefficient (Wildman–Crippen LogP) is -0.370. The average Bonchev–Trinajstić information content (AvgIpc) is 2.46. The number of nitrogens with zero attached hydrogens (tertiary/aromatic N) is 1. The number of sulfonamides is 1. The molecule has 0 radical (unpaired) electrons. The smallest absolute Gasteiger partial charge is 0.314 e. The zero-order valence-electron chi connectivity index (χ0n) is 12.0. The Morgan fingerprint density at radius 1 is 1.17 bits per heavy atom. The van der Waals surface area contributed by atoms with Crippen molar-refractivity contribution in [1.29, 1.82) is 0 Å². The lowest BCUT2D eigenvalue weighted by atomic mass is 9.84. The molecular formula is C14H16N4O4S. The zero-order chi connectivity index (χ0) is 17.3. The van der Waals surface area contributed by atoms with Crippen molar-refractivity contribution >= 4 is 22.0 Å². The molecule has 0 heterocycles. The van der Waals surface area contributed by atoms with Crippen LogP contribution in [0.25, 0.3) is 0 Å². The van der Waals surface area contributed by atoms with Gasteiger partial charge in [-0.05, 0) is 6.07 Å².